The van der Waals surface area contributed by atoms with Gasteiger partial charge in [-0.3, -0.25) is 4.79 Å². The first kappa shape index (κ1) is 23.8. The minimum atomic E-state index is -1.75. The Morgan fingerprint density at radius 1 is 0.880 bits per heavy atom. The van der Waals surface area contributed by atoms with E-state index in [0.29, 0.717) is 0 Å². The van der Waals surface area contributed by atoms with Crippen LogP contribution in [0.5, 0.6) is 0 Å². The minimum Gasteiger partial charge on any atom is -0.481 e. The number of carboxylic acids is 2. The van der Waals surface area contributed by atoms with Gasteiger partial charge in [-0.15, -0.1) is 0 Å². The van der Waals surface area contributed by atoms with E-state index in [4.69, 9.17) is 19.3 Å². The summed E-state index contributed by atoms with van der Waals surface area (Å²) in [6, 6.07) is 0. The number of hydrogen-bond acceptors (Lipinski definition) is 5. The van der Waals surface area contributed by atoms with Crippen molar-refractivity contribution in [1.29, 1.82) is 0 Å². The largest absolute Gasteiger partial charge is 0.481 e. The molecule has 0 radical (unpaired) electrons. The molecule has 0 aliphatic heterocycles. The number of aliphatic carboxylic acids is 2. The molecule has 0 aromatic rings. The molecule has 0 aromatic heterocycles. The van der Waals surface area contributed by atoms with Crippen LogP contribution in [0, 0.1) is 0 Å². The van der Waals surface area contributed by atoms with Gasteiger partial charge in [-0.25, -0.2) is 4.79 Å². The van der Waals surface area contributed by atoms with Crippen LogP contribution in [0.4, 0.5) is 0 Å². The van der Waals surface area contributed by atoms with E-state index in [9.17, 15) is 14.7 Å². The molecule has 7 nitrogen and oxygen atoms in total. The van der Waals surface area contributed by atoms with Crippen LogP contribution in [-0.2, 0) is 23.8 Å². The van der Waals surface area contributed by atoms with Crippen molar-refractivity contribution in [3.8, 4) is 0 Å². The second-order valence-corrected chi connectivity index (χ2v) is 5.97. The monoisotopic (exact) mass is 362 g/mol. The minimum absolute atomic E-state index is 0.0874. The summed E-state index contributed by atoms with van der Waals surface area (Å²) in [4.78, 5) is 23.3. The predicted molar refractivity (Wildman–Crippen MR) is 93.6 cm³/mol. The highest BCUT2D eigenvalue weighted by Gasteiger charge is 2.59. The number of ether oxygens (including phenoxy) is 3. The molecule has 0 aromatic carbocycles. The molecule has 0 aliphatic carbocycles. The van der Waals surface area contributed by atoms with Gasteiger partial charge in [-0.2, -0.15) is 0 Å². The molecular weight excluding hydrogens is 328 g/mol. The van der Waals surface area contributed by atoms with E-state index in [1.807, 2.05) is 13.8 Å². The Balaban J connectivity index is 5.91. The molecule has 0 rings (SSSR count). The van der Waals surface area contributed by atoms with Crippen LogP contribution in [-0.4, -0.2) is 53.4 Å². The second kappa shape index (κ2) is 12.2. The molecule has 0 saturated carbocycles. The lowest BCUT2D eigenvalue weighted by Gasteiger charge is -2.46. The second-order valence-electron chi connectivity index (χ2n) is 5.97. The maximum absolute atomic E-state index is 12.2. The molecule has 2 N–H and O–H groups in total. The maximum atomic E-state index is 12.2. The van der Waals surface area contributed by atoms with Crippen LogP contribution in [0.1, 0.15) is 72.6 Å². The van der Waals surface area contributed by atoms with E-state index in [-0.39, 0.29) is 39.1 Å². The molecule has 0 aliphatic rings. The SMILES string of the molecule is CCCCOC(CCC(=O)O)(OCCCC)C(CC)(OCC)C(=O)O. The third-order valence-corrected chi connectivity index (χ3v) is 4.18. The normalized spacial score (nSPS) is 14.2. The molecule has 0 amide bonds. The van der Waals surface area contributed by atoms with Crippen molar-refractivity contribution >= 4 is 11.9 Å². The van der Waals surface area contributed by atoms with Gasteiger partial charge in [0.15, 0.2) is 0 Å². The predicted octanol–water partition coefficient (Wildman–Crippen LogP) is 3.45. The Labute approximate surface area is 150 Å². The van der Waals surface area contributed by atoms with Crippen LogP contribution in [0.2, 0.25) is 0 Å². The molecule has 0 heterocycles. The van der Waals surface area contributed by atoms with E-state index in [2.05, 4.69) is 0 Å². The summed E-state index contributed by atoms with van der Waals surface area (Å²) in [6.45, 7) is 8.09. The average molecular weight is 362 g/mol. The Bertz CT molecular complexity index is 387. The fourth-order valence-electron chi connectivity index (χ4n) is 2.76. The van der Waals surface area contributed by atoms with Gasteiger partial charge in [-0.1, -0.05) is 33.6 Å². The topological polar surface area (TPSA) is 102 Å². The van der Waals surface area contributed by atoms with E-state index in [1.165, 1.54) is 0 Å². The molecular formula is C18H34O7. The first-order chi connectivity index (χ1) is 11.9. The molecule has 0 fully saturated rings. The molecule has 0 spiro atoms. The standard InChI is InChI=1S/C18H34O7/c1-5-9-13-24-18(12-11-15(19)20,25-14-10-6-2)17(7-3,16(21)22)23-8-4/h5-14H2,1-4H3,(H,19,20)(H,21,22). The van der Waals surface area contributed by atoms with Gasteiger partial charge in [0, 0.05) is 13.0 Å². The average Bonchev–Trinajstić information content (AvgIpc) is 2.57. The Hall–Kier alpha value is -1.18. The molecule has 1 atom stereocenters. The van der Waals surface area contributed by atoms with E-state index >= 15 is 0 Å². The van der Waals surface area contributed by atoms with Crippen LogP contribution >= 0.6 is 0 Å². The molecule has 0 bridgehead atoms. The quantitative estimate of drug-likeness (QED) is 0.320. The fourth-order valence-corrected chi connectivity index (χ4v) is 2.76. The fraction of sp³-hybridized carbons (Fsp3) is 0.889. The molecule has 7 heteroatoms. The van der Waals surface area contributed by atoms with Crippen molar-refractivity contribution < 1.29 is 34.0 Å². The number of carboxylic acid groups (broad SMARTS) is 2. The van der Waals surface area contributed by atoms with Gasteiger partial charge in [-0.05, 0) is 26.2 Å². The smallest absolute Gasteiger partial charge is 0.341 e. The third kappa shape index (κ3) is 6.56. The molecule has 25 heavy (non-hydrogen) atoms. The lowest BCUT2D eigenvalue weighted by molar-refractivity contribution is -0.329. The summed E-state index contributed by atoms with van der Waals surface area (Å²) in [6.07, 6.45) is 2.93. The van der Waals surface area contributed by atoms with Crippen molar-refractivity contribution in [3.05, 3.63) is 0 Å². The van der Waals surface area contributed by atoms with Gasteiger partial charge in [0.25, 0.3) is 0 Å². The summed E-state index contributed by atoms with van der Waals surface area (Å²) < 4.78 is 17.5. The summed E-state index contributed by atoms with van der Waals surface area (Å²) in [5.74, 6) is -3.86. The highest BCUT2D eigenvalue weighted by Crippen LogP contribution is 2.39. The zero-order valence-corrected chi connectivity index (χ0v) is 16.0. The van der Waals surface area contributed by atoms with Crippen molar-refractivity contribution in [2.24, 2.45) is 0 Å². The summed E-state index contributed by atoms with van der Waals surface area (Å²) in [5.41, 5.74) is -1.75. The summed E-state index contributed by atoms with van der Waals surface area (Å²) in [7, 11) is 0. The lowest BCUT2D eigenvalue weighted by atomic mass is 9.85. The van der Waals surface area contributed by atoms with E-state index in [1.54, 1.807) is 13.8 Å². The Morgan fingerprint density at radius 3 is 1.72 bits per heavy atom. The molecule has 1 unspecified atom stereocenters. The summed E-state index contributed by atoms with van der Waals surface area (Å²) >= 11 is 0. The van der Waals surface area contributed by atoms with Crippen molar-refractivity contribution in [2.75, 3.05) is 19.8 Å². The molecule has 0 saturated heterocycles. The van der Waals surface area contributed by atoms with Crippen molar-refractivity contribution in [2.45, 2.75) is 84.0 Å². The van der Waals surface area contributed by atoms with Crippen LogP contribution in [0.3, 0.4) is 0 Å². The van der Waals surface area contributed by atoms with Gasteiger partial charge in [0.1, 0.15) is 0 Å². The number of carbonyl (C=O) groups is 2. The van der Waals surface area contributed by atoms with E-state index < -0.39 is 23.3 Å². The van der Waals surface area contributed by atoms with Crippen LogP contribution in [0.25, 0.3) is 0 Å². The first-order valence-electron chi connectivity index (χ1n) is 9.22. The lowest BCUT2D eigenvalue weighted by Crippen LogP contribution is -2.64. The molecule has 148 valence electrons. The van der Waals surface area contributed by atoms with E-state index in [0.717, 1.165) is 25.7 Å². The van der Waals surface area contributed by atoms with Crippen LogP contribution < -0.4 is 0 Å². The first-order valence-corrected chi connectivity index (χ1v) is 9.22. The van der Waals surface area contributed by atoms with Crippen molar-refractivity contribution in [1.82, 2.24) is 0 Å². The zero-order valence-electron chi connectivity index (χ0n) is 16.0. The highest BCUT2D eigenvalue weighted by molar-refractivity contribution is 5.79. The number of hydrogen-bond donors (Lipinski definition) is 2. The number of rotatable bonds is 16. The maximum Gasteiger partial charge on any atom is 0.341 e. The zero-order chi connectivity index (χ0) is 19.3. The van der Waals surface area contributed by atoms with Gasteiger partial charge in [0.05, 0.1) is 19.6 Å². The van der Waals surface area contributed by atoms with Gasteiger partial charge >= 0.3 is 11.9 Å². The highest BCUT2D eigenvalue weighted by atomic mass is 16.7. The Morgan fingerprint density at radius 2 is 1.40 bits per heavy atom. The Kier molecular flexibility index (Phi) is 11.6. The summed E-state index contributed by atoms with van der Waals surface area (Å²) in [5, 5.41) is 19.1. The third-order valence-electron chi connectivity index (χ3n) is 4.18. The number of unbranched alkanes of at least 4 members (excludes halogenated alkanes) is 2. The van der Waals surface area contributed by atoms with Crippen molar-refractivity contribution in [3.63, 3.8) is 0 Å². The van der Waals surface area contributed by atoms with Crippen LogP contribution in [0.15, 0.2) is 0 Å². The van der Waals surface area contributed by atoms with Gasteiger partial charge < -0.3 is 24.4 Å². The van der Waals surface area contributed by atoms with Gasteiger partial charge in [0.2, 0.25) is 11.4 Å².